The maximum Gasteiger partial charge on any atom is 1.00 e. The molecule has 0 spiro atoms. The minimum Gasteiger partial charge on any atom is -0.108 e. The van der Waals surface area contributed by atoms with Crippen LogP contribution in [0, 0.1) is 0 Å². The Balaban J connectivity index is 0.00000218. The molecule has 0 aliphatic heterocycles. The quantitative estimate of drug-likeness (QED) is 0.303. The Morgan fingerprint density at radius 3 is 1.40 bits per heavy atom. The molecule has 0 unspecified atom stereocenters. The van der Waals surface area contributed by atoms with Crippen molar-refractivity contribution in [3.63, 3.8) is 0 Å². The molecule has 1 heteroatoms. The molecule has 0 aromatic heterocycles. The van der Waals surface area contributed by atoms with Crippen LogP contribution in [-0.2, 0) is 0 Å². The molecule has 0 aliphatic rings. The van der Waals surface area contributed by atoms with Crippen molar-refractivity contribution in [1.82, 2.24) is 0 Å². The van der Waals surface area contributed by atoms with Gasteiger partial charge in [-0.3, -0.25) is 0 Å². The van der Waals surface area contributed by atoms with Crippen LogP contribution in [0.1, 0.15) is 0 Å². The van der Waals surface area contributed by atoms with Gasteiger partial charge in [-0.05, 0) is 0 Å². The third-order valence-corrected chi connectivity index (χ3v) is 5.37. The minimum absolute atomic E-state index is 0. The molecule has 0 heterocycles. The smallest absolute Gasteiger partial charge is 0.108 e. The van der Waals surface area contributed by atoms with E-state index in [-0.39, 0.29) is 18.9 Å². The van der Waals surface area contributed by atoms with E-state index < -0.39 is 0 Å². The van der Waals surface area contributed by atoms with Gasteiger partial charge in [0, 0.05) is 0 Å². The zero-order valence-electron chi connectivity index (χ0n) is 17.1. The Morgan fingerprint density at radius 2 is 0.867 bits per heavy atom. The SMILES string of the molecule is [Li+].c1ccc(-c2c[c-](-c3ccccc3)c(-c3ccccc3)c2-c2ccccc2)cc1. The van der Waals surface area contributed by atoms with Crippen LogP contribution in [-0.4, -0.2) is 0 Å². The second-order valence-corrected chi connectivity index (χ2v) is 7.19. The molecular formula is C29H21Li. The molecule has 0 saturated carbocycles. The summed E-state index contributed by atoms with van der Waals surface area (Å²) < 4.78 is 0. The van der Waals surface area contributed by atoms with E-state index >= 15 is 0 Å². The van der Waals surface area contributed by atoms with E-state index in [0.29, 0.717) is 0 Å². The number of hydrogen-bond acceptors (Lipinski definition) is 0. The molecule has 0 nitrogen and oxygen atoms in total. The first kappa shape index (κ1) is 20.1. The molecule has 5 aromatic rings. The molecule has 0 bridgehead atoms. The Kier molecular flexibility index (Phi) is 6.10. The first-order valence-electron chi connectivity index (χ1n) is 9.97. The van der Waals surface area contributed by atoms with Crippen LogP contribution in [0.5, 0.6) is 0 Å². The van der Waals surface area contributed by atoms with Gasteiger partial charge in [0.2, 0.25) is 0 Å². The molecule has 0 saturated heterocycles. The van der Waals surface area contributed by atoms with E-state index in [1.165, 1.54) is 44.5 Å². The van der Waals surface area contributed by atoms with Gasteiger partial charge in [-0.15, -0.1) is 23.8 Å². The van der Waals surface area contributed by atoms with Gasteiger partial charge in [-0.2, -0.15) is 0 Å². The van der Waals surface area contributed by atoms with E-state index in [0.717, 1.165) is 0 Å². The zero-order chi connectivity index (χ0) is 19.5. The first-order chi connectivity index (χ1) is 14.4. The van der Waals surface area contributed by atoms with Crippen molar-refractivity contribution in [2.24, 2.45) is 0 Å². The van der Waals surface area contributed by atoms with Gasteiger partial charge in [0.15, 0.2) is 0 Å². The zero-order valence-corrected chi connectivity index (χ0v) is 17.1. The number of rotatable bonds is 4. The fraction of sp³-hybridized carbons (Fsp3) is 0. The maximum atomic E-state index is 2.36. The van der Waals surface area contributed by atoms with Gasteiger partial charge >= 0.3 is 18.9 Å². The van der Waals surface area contributed by atoms with Crippen LogP contribution in [0.4, 0.5) is 0 Å². The van der Waals surface area contributed by atoms with E-state index in [4.69, 9.17) is 0 Å². The molecule has 5 rings (SSSR count). The van der Waals surface area contributed by atoms with Gasteiger partial charge < -0.3 is 0 Å². The average Bonchev–Trinajstić information content (AvgIpc) is 3.22. The standard InChI is InChI=1S/C29H21.Li/c1-5-13-22(14-6-1)26-21-27(23-15-7-2-8-16-23)29(25-19-11-4-12-20-25)28(26)24-17-9-3-10-18-24;/h1-21H;/q-1;+1. The van der Waals surface area contributed by atoms with Gasteiger partial charge in [-0.25, -0.2) is 0 Å². The molecule has 0 aliphatic carbocycles. The second-order valence-electron chi connectivity index (χ2n) is 7.19. The van der Waals surface area contributed by atoms with E-state index in [1.54, 1.807) is 0 Å². The normalized spacial score (nSPS) is 10.4. The van der Waals surface area contributed by atoms with Gasteiger partial charge in [-0.1, -0.05) is 148 Å². The summed E-state index contributed by atoms with van der Waals surface area (Å²) in [5.74, 6) is 0. The summed E-state index contributed by atoms with van der Waals surface area (Å²) in [6, 6.07) is 45.2. The van der Waals surface area contributed by atoms with Crippen molar-refractivity contribution in [2.75, 3.05) is 0 Å². The molecule has 0 amide bonds. The van der Waals surface area contributed by atoms with E-state index in [2.05, 4.69) is 127 Å². The predicted molar refractivity (Wildman–Crippen MR) is 124 cm³/mol. The molecule has 0 fully saturated rings. The molecule has 0 radical (unpaired) electrons. The summed E-state index contributed by atoms with van der Waals surface area (Å²) in [6.07, 6.45) is 0. The van der Waals surface area contributed by atoms with Crippen LogP contribution in [0.25, 0.3) is 44.5 Å². The van der Waals surface area contributed by atoms with E-state index in [9.17, 15) is 0 Å². The van der Waals surface area contributed by atoms with Crippen molar-refractivity contribution >= 4 is 0 Å². The number of benzene rings is 4. The Hall–Kier alpha value is -3.17. The summed E-state index contributed by atoms with van der Waals surface area (Å²) in [6.45, 7) is 0. The third kappa shape index (κ3) is 3.81. The maximum absolute atomic E-state index is 2.36. The van der Waals surface area contributed by atoms with Crippen molar-refractivity contribution in [1.29, 1.82) is 0 Å². The summed E-state index contributed by atoms with van der Waals surface area (Å²) in [5.41, 5.74) is 10.1. The van der Waals surface area contributed by atoms with Crippen LogP contribution >= 0.6 is 0 Å². The Bertz CT molecular complexity index is 1110. The van der Waals surface area contributed by atoms with Crippen molar-refractivity contribution in [3.05, 3.63) is 127 Å². The van der Waals surface area contributed by atoms with Crippen molar-refractivity contribution < 1.29 is 18.9 Å². The molecule has 138 valence electrons. The predicted octanol–water partition coefficient (Wildman–Crippen LogP) is 5.08. The summed E-state index contributed by atoms with van der Waals surface area (Å²) >= 11 is 0. The number of hydrogen-bond donors (Lipinski definition) is 0. The molecule has 5 aromatic carbocycles. The average molecular weight is 376 g/mol. The topological polar surface area (TPSA) is 0 Å². The minimum atomic E-state index is 0. The van der Waals surface area contributed by atoms with Gasteiger partial charge in [0.25, 0.3) is 0 Å². The van der Waals surface area contributed by atoms with Crippen molar-refractivity contribution in [2.45, 2.75) is 0 Å². The fourth-order valence-corrected chi connectivity index (χ4v) is 4.06. The molecular weight excluding hydrogens is 355 g/mol. The van der Waals surface area contributed by atoms with Crippen molar-refractivity contribution in [3.8, 4) is 44.5 Å². The molecule has 0 N–H and O–H groups in total. The molecule has 30 heavy (non-hydrogen) atoms. The fourth-order valence-electron chi connectivity index (χ4n) is 4.06. The van der Waals surface area contributed by atoms with Crippen LogP contribution < -0.4 is 18.9 Å². The monoisotopic (exact) mass is 376 g/mol. The van der Waals surface area contributed by atoms with Gasteiger partial charge in [0.05, 0.1) is 0 Å². The van der Waals surface area contributed by atoms with Crippen LogP contribution in [0.2, 0.25) is 0 Å². The summed E-state index contributed by atoms with van der Waals surface area (Å²) in [7, 11) is 0. The largest absolute Gasteiger partial charge is 1.00 e. The Morgan fingerprint density at radius 1 is 0.433 bits per heavy atom. The summed E-state index contributed by atoms with van der Waals surface area (Å²) in [5, 5.41) is 0. The van der Waals surface area contributed by atoms with Crippen LogP contribution in [0.15, 0.2) is 127 Å². The van der Waals surface area contributed by atoms with E-state index in [1.807, 2.05) is 0 Å². The first-order valence-corrected chi connectivity index (χ1v) is 9.97. The van der Waals surface area contributed by atoms with Crippen LogP contribution in [0.3, 0.4) is 0 Å². The Labute approximate surface area is 190 Å². The molecule has 0 atom stereocenters. The third-order valence-electron chi connectivity index (χ3n) is 5.37. The van der Waals surface area contributed by atoms with Gasteiger partial charge in [0.1, 0.15) is 0 Å². The summed E-state index contributed by atoms with van der Waals surface area (Å²) in [4.78, 5) is 0. The second kappa shape index (κ2) is 9.10.